The average Bonchev–Trinajstić information content (AvgIpc) is 2.90. The smallest absolute Gasteiger partial charge is 0.354 e. The molecule has 0 saturated carbocycles. The minimum Gasteiger partial charge on any atom is -0.354 e. The van der Waals surface area contributed by atoms with Gasteiger partial charge in [-0.25, -0.2) is 9.97 Å². The van der Waals surface area contributed by atoms with E-state index in [1.54, 1.807) is 6.08 Å². The van der Waals surface area contributed by atoms with Gasteiger partial charge in [-0.05, 0) is 13.0 Å². The molecule has 2 N–H and O–H groups in total. The van der Waals surface area contributed by atoms with Gasteiger partial charge in [0.25, 0.3) is 0 Å². The molecule has 1 aliphatic rings. The van der Waals surface area contributed by atoms with Crippen LogP contribution >= 0.6 is 0 Å². The van der Waals surface area contributed by atoms with E-state index in [0.717, 1.165) is 6.07 Å². The second-order valence-corrected chi connectivity index (χ2v) is 4.66. The van der Waals surface area contributed by atoms with E-state index in [0.29, 0.717) is 6.54 Å². The van der Waals surface area contributed by atoms with Crippen molar-refractivity contribution in [1.29, 1.82) is 0 Å². The lowest BCUT2D eigenvalue weighted by molar-refractivity contribution is -0.141. The third-order valence-corrected chi connectivity index (χ3v) is 2.91. The summed E-state index contributed by atoms with van der Waals surface area (Å²) in [5, 5.41) is 5.58. The van der Waals surface area contributed by atoms with Crippen molar-refractivity contribution in [3.05, 3.63) is 35.4 Å². The van der Waals surface area contributed by atoms with Gasteiger partial charge in [0.15, 0.2) is 0 Å². The Morgan fingerprint density at radius 3 is 2.86 bits per heavy atom. The minimum atomic E-state index is -4.50. The van der Waals surface area contributed by atoms with Crippen LogP contribution in [0.2, 0.25) is 0 Å². The van der Waals surface area contributed by atoms with Gasteiger partial charge in [0.05, 0.1) is 0 Å². The molecule has 1 atom stereocenters. The molecule has 0 aromatic carbocycles. The summed E-state index contributed by atoms with van der Waals surface area (Å²) in [4.78, 5) is 19.1. The van der Waals surface area contributed by atoms with E-state index in [9.17, 15) is 18.0 Å². The predicted octanol–water partition coefficient (Wildman–Crippen LogP) is 0.991. The summed E-state index contributed by atoms with van der Waals surface area (Å²) >= 11 is 0. The van der Waals surface area contributed by atoms with Gasteiger partial charge in [-0.2, -0.15) is 13.2 Å². The lowest BCUT2D eigenvalue weighted by Gasteiger charge is -2.11. The molecule has 114 valence electrons. The standard InChI is InChI=1S/C13H15F3N4O/c1-8-7-10(13(14,15)16)20-11(19-8)4-6-18-12(21)9-3-2-5-17-9/h2-3,7,9,17H,4-6H2,1H3,(H,18,21)/t9-/m0/s1. The lowest BCUT2D eigenvalue weighted by Crippen LogP contribution is -2.41. The first-order valence-corrected chi connectivity index (χ1v) is 6.46. The van der Waals surface area contributed by atoms with Crippen LogP contribution in [0.4, 0.5) is 13.2 Å². The van der Waals surface area contributed by atoms with Crippen molar-refractivity contribution in [3.63, 3.8) is 0 Å². The Bertz CT molecular complexity index is 557. The molecule has 0 radical (unpaired) electrons. The van der Waals surface area contributed by atoms with Gasteiger partial charge in [-0.15, -0.1) is 0 Å². The Morgan fingerprint density at radius 1 is 1.48 bits per heavy atom. The Kier molecular flexibility index (Phi) is 4.56. The van der Waals surface area contributed by atoms with E-state index < -0.39 is 11.9 Å². The quantitative estimate of drug-likeness (QED) is 0.814. The molecule has 21 heavy (non-hydrogen) atoms. The normalized spacial score (nSPS) is 18.0. The fraction of sp³-hybridized carbons (Fsp3) is 0.462. The predicted molar refractivity (Wildman–Crippen MR) is 69.4 cm³/mol. The number of amides is 1. The first-order valence-electron chi connectivity index (χ1n) is 6.46. The number of aryl methyl sites for hydroxylation is 1. The third-order valence-electron chi connectivity index (χ3n) is 2.91. The molecule has 5 nitrogen and oxygen atoms in total. The molecular formula is C13H15F3N4O. The zero-order valence-electron chi connectivity index (χ0n) is 11.4. The van der Waals surface area contributed by atoms with E-state index in [-0.39, 0.29) is 36.4 Å². The van der Waals surface area contributed by atoms with E-state index in [1.165, 1.54) is 6.92 Å². The largest absolute Gasteiger partial charge is 0.433 e. The number of halogens is 3. The van der Waals surface area contributed by atoms with E-state index in [1.807, 2.05) is 6.08 Å². The summed E-state index contributed by atoms with van der Waals surface area (Å²) < 4.78 is 37.9. The number of aromatic nitrogens is 2. The van der Waals surface area contributed by atoms with Crippen LogP contribution in [0.5, 0.6) is 0 Å². The number of carbonyl (C=O) groups is 1. The molecule has 0 spiro atoms. The maximum absolute atomic E-state index is 12.6. The van der Waals surface area contributed by atoms with Gasteiger partial charge in [0.2, 0.25) is 5.91 Å². The highest BCUT2D eigenvalue weighted by atomic mass is 19.4. The maximum Gasteiger partial charge on any atom is 0.433 e. The van der Waals surface area contributed by atoms with Gasteiger partial charge in [0, 0.05) is 25.2 Å². The van der Waals surface area contributed by atoms with E-state index in [4.69, 9.17) is 0 Å². The number of nitrogens with zero attached hydrogens (tertiary/aromatic N) is 2. The first-order chi connectivity index (χ1) is 9.86. The van der Waals surface area contributed by atoms with Crippen molar-refractivity contribution in [2.24, 2.45) is 0 Å². The summed E-state index contributed by atoms with van der Waals surface area (Å²) in [6.07, 6.45) is -0.777. The van der Waals surface area contributed by atoms with Crippen LogP contribution < -0.4 is 10.6 Å². The van der Waals surface area contributed by atoms with Crippen LogP contribution in [0.25, 0.3) is 0 Å². The zero-order valence-corrected chi connectivity index (χ0v) is 11.4. The number of carbonyl (C=O) groups excluding carboxylic acids is 1. The number of nitrogens with one attached hydrogen (secondary N) is 2. The SMILES string of the molecule is Cc1cc(C(F)(F)F)nc(CCNC(=O)[C@@H]2C=CCN2)n1. The van der Waals surface area contributed by atoms with Crippen molar-refractivity contribution in [3.8, 4) is 0 Å². The van der Waals surface area contributed by atoms with Crippen LogP contribution in [0, 0.1) is 6.92 Å². The highest BCUT2D eigenvalue weighted by Crippen LogP contribution is 2.27. The topological polar surface area (TPSA) is 66.9 Å². The first kappa shape index (κ1) is 15.4. The van der Waals surface area contributed by atoms with Crippen LogP contribution in [0.15, 0.2) is 18.2 Å². The Balaban J connectivity index is 1.92. The molecule has 1 amide bonds. The monoisotopic (exact) mass is 300 g/mol. The summed E-state index contributed by atoms with van der Waals surface area (Å²) in [6.45, 7) is 2.30. The van der Waals surface area contributed by atoms with Crippen LogP contribution in [-0.2, 0) is 17.4 Å². The van der Waals surface area contributed by atoms with Gasteiger partial charge in [-0.1, -0.05) is 12.2 Å². The minimum absolute atomic E-state index is 0.0672. The summed E-state index contributed by atoms with van der Waals surface area (Å²) in [7, 11) is 0. The molecule has 1 aromatic rings. The van der Waals surface area contributed by atoms with Gasteiger partial charge < -0.3 is 5.32 Å². The number of alkyl halides is 3. The Labute approximate surface area is 119 Å². The fourth-order valence-corrected chi connectivity index (χ4v) is 1.94. The van der Waals surface area contributed by atoms with E-state index in [2.05, 4.69) is 20.6 Å². The average molecular weight is 300 g/mol. The number of rotatable bonds is 4. The molecule has 2 rings (SSSR count). The van der Waals surface area contributed by atoms with Crippen molar-refractivity contribution < 1.29 is 18.0 Å². The highest BCUT2D eigenvalue weighted by molar-refractivity contribution is 5.84. The lowest BCUT2D eigenvalue weighted by atomic mass is 10.2. The summed E-state index contributed by atoms with van der Waals surface area (Å²) in [6, 6.07) is 0.518. The summed E-state index contributed by atoms with van der Waals surface area (Å²) in [5.74, 6) is -0.148. The zero-order chi connectivity index (χ0) is 15.5. The molecule has 0 unspecified atom stereocenters. The highest BCUT2D eigenvalue weighted by Gasteiger charge is 2.33. The van der Waals surface area contributed by atoms with Crippen molar-refractivity contribution in [2.75, 3.05) is 13.1 Å². The number of hydrogen-bond donors (Lipinski definition) is 2. The molecule has 1 aliphatic heterocycles. The van der Waals surface area contributed by atoms with Gasteiger partial charge in [0.1, 0.15) is 17.6 Å². The molecule has 1 aromatic heterocycles. The maximum atomic E-state index is 12.6. The van der Waals surface area contributed by atoms with E-state index >= 15 is 0 Å². The van der Waals surface area contributed by atoms with Crippen LogP contribution in [-0.4, -0.2) is 35.0 Å². The third kappa shape index (κ3) is 4.25. The molecule has 2 heterocycles. The van der Waals surface area contributed by atoms with Crippen LogP contribution in [0.1, 0.15) is 17.2 Å². The molecular weight excluding hydrogens is 285 g/mol. The second-order valence-electron chi connectivity index (χ2n) is 4.66. The fourth-order valence-electron chi connectivity index (χ4n) is 1.94. The Hall–Kier alpha value is -1.96. The van der Waals surface area contributed by atoms with Gasteiger partial charge in [-0.3, -0.25) is 10.1 Å². The van der Waals surface area contributed by atoms with Crippen LogP contribution in [0.3, 0.4) is 0 Å². The van der Waals surface area contributed by atoms with Gasteiger partial charge >= 0.3 is 6.18 Å². The molecule has 0 fully saturated rings. The molecule has 0 bridgehead atoms. The molecule has 8 heteroatoms. The van der Waals surface area contributed by atoms with Crippen molar-refractivity contribution in [2.45, 2.75) is 25.6 Å². The molecule has 0 saturated heterocycles. The summed E-state index contributed by atoms with van der Waals surface area (Å²) in [5.41, 5.74) is -0.712. The van der Waals surface area contributed by atoms with Crippen molar-refractivity contribution >= 4 is 5.91 Å². The Morgan fingerprint density at radius 2 is 2.24 bits per heavy atom. The molecule has 0 aliphatic carbocycles. The number of hydrogen-bond acceptors (Lipinski definition) is 4. The second kappa shape index (κ2) is 6.21. The van der Waals surface area contributed by atoms with Crippen molar-refractivity contribution in [1.82, 2.24) is 20.6 Å².